The van der Waals surface area contributed by atoms with Crippen molar-refractivity contribution in [2.75, 3.05) is 12.3 Å². The summed E-state index contributed by atoms with van der Waals surface area (Å²) in [7, 11) is 0. The summed E-state index contributed by atoms with van der Waals surface area (Å²) in [5.74, 6) is -0.182. The Morgan fingerprint density at radius 2 is 1.80 bits per heavy atom. The summed E-state index contributed by atoms with van der Waals surface area (Å²) in [6.45, 7) is 4.20. The molecule has 2 aromatic rings. The molecule has 20 heavy (non-hydrogen) atoms. The summed E-state index contributed by atoms with van der Waals surface area (Å²) >= 11 is 3.27. The van der Waals surface area contributed by atoms with Crippen LogP contribution in [0.4, 0.5) is 10.1 Å². The Kier molecular flexibility index (Phi) is 5.15. The Labute approximate surface area is 127 Å². The van der Waals surface area contributed by atoms with E-state index in [0.717, 1.165) is 28.8 Å². The first kappa shape index (κ1) is 15.0. The minimum atomic E-state index is -0.182. The highest BCUT2D eigenvalue weighted by Gasteiger charge is 2.10. The number of nitrogen functional groups attached to an aromatic ring is 1. The number of rotatable bonds is 5. The molecule has 0 saturated heterocycles. The minimum Gasteiger partial charge on any atom is -0.398 e. The fourth-order valence-electron chi connectivity index (χ4n) is 2.09. The molecule has 2 nitrogen and oxygen atoms in total. The van der Waals surface area contributed by atoms with Crippen molar-refractivity contribution in [1.29, 1.82) is 0 Å². The zero-order valence-electron chi connectivity index (χ0n) is 11.4. The molecule has 2 aromatic carbocycles. The molecule has 0 radical (unpaired) electrons. The standard InChI is InChI=1S/C16H18BrFN2/c1-2-20(11-13-5-3-4-6-16(13)19)10-12-7-8-14(17)9-15(12)18/h3-9H,2,10-11,19H2,1H3. The molecule has 0 aliphatic heterocycles. The van der Waals surface area contributed by atoms with E-state index in [4.69, 9.17) is 5.73 Å². The van der Waals surface area contributed by atoms with Gasteiger partial charge in [0.2, 0.25) is 0 Å². The molecule has 106 valence electrons. The van der Waals surface area contributed by atoms with E-state index in [9.17, 15) is 4.39 Å². The normalized spacial score (nSPS) is 11.0. The van der Waals surface area contributed by atoms with Crippen LogP contribution in [0.2, 0.25) is 0 Å². The average Bonchev–Trinajstić information content (AvgIpc) is 2.43. The molecule has 4 heteroatoms. The molecule has 0 unspecified atom stereocenters. The van der Waals surface area contributed by atoms with Crippen LogP contribution >= 0.6 is 15.9 Å². The van der Waals surface area contributed by atoms with Crippen molar-refractivity contribution < 1.29 is 4.39 Å². The van der Waals surface area contributed by atoms with Crippen molar-refractivity contribution in [2.24, 2.45) is 0 Å². The van der Waals surface area contributed by atoms with Gasteiger partial charge in [-0.1, -0.05) is 47.1 Å². The van der Waals surface area contributed by atoms with Crippen molar-refractivity contribution in [2.45, 2.75) is 20.0 Å². The summed E-state index contributed by atoms with van der Waals surface area (Å²) in [5.41, 5.74) is 8.51. The average molecular weight is 337 g/mol. The summed E-state index contributed by atoms with van der Waals surface area (Å²) in [6, 6.07) is 13.0. The van der Waals surface area contributed by atoms with Gasteiger partial charge in [-0.25, -0.2) is 4.39 Å². The lowest BCUT2D eigenvalue weighted by Crippen LogP contribution is -2.23. The Bertz CT molecular complexity index is 586. The lowest BCUT2D eigenvalue weighted by atomic mass is 10.1. The number of benzene rings is 2. The smallest absolute Gasteiger partial charge is 0.128 e. The van der Waals surface area contributed by atoms with Gasteiger partial charge < -0.3 is 5.73 Å². The first-order valence-electron chi connectivity index (χ1n) is 6.59. The van der Waals surface area contributed by atoms with Gasteiger partial charge in [0, 0.05) is 28.8 Å². The SMILES string of the molecule is CCN(Cc1ccccc1N)Cc1ccc(Br)cc1F. The molecule has 0 amide bonds. The van der Waals surface area contributed by atoms with Gasteiger partial charge in [-0.05, 0) is 30.3 Å². The van der Waals surface area contributed by atoms with Gasteiger partial charge in [-0.2, -0.15) is 0 Å². The molecule has 0 spiro atoms. The van der Waals surface area contributed by atoms with Gasteiger partial charge in [0.05, 0.1) is 0 Å². The van der Waals surface area contributed by atoms with Crippen molar-refractivity contribution >= 4 is 21.6 Å². The highest BCUT2D eigenvalue weighted by molar-refractivity contribution is 9.10. The molecule has 0 bridgehead atoms. The van der Waals surface area contributed by atoms with Gasteiger partial charge in [-0.3, -0.25) is 4.90 Å². The summed E-state index contributed by atoms with van der Waals surface area (Å²) in [5, 5.41) is 0. The summed E-state index contributed by atoms with van der Waals surface area (Å²) < 4.78 is 14.6. The third kappa shape index (κ3) is 3.81. The molecule has 0 saturated carbocycles. The van der Waals surface area contributed by atoms with Crippen molar-refractivity contribution in [1.82, 2.24) is 4.90 Å². The lowest BCUT2D eigenvalue weighted by molar-refractivity contribution is 0.268. The Morgan fingerprint density at radius 1 is 1.10 bits per heavy atom. The first-order chi connectivity index (χ1) is 9.60. The predicted octanol–water partition coefficient (Wildman–Crippen LogP) is 4.19. The lowest BCUT2D eigenvalue weighted by Gasteiger charge is -2.21. The number of hydrogen-bond donors (Lipinski definition) is 1. The van der Waals surface area contributed by atoms with Gasteiger partial charge in [0.15, 0.2) is 0 Å². The number of para-hydroxylation sites is 1. The zero-order chi connectivity index (χ0) is 14.5. The van der Waals surface area contributed by atoms with Gasteiger partial charge in [-0.15, -0.1) is 0 Å². The van der Waals surface area contributed by atoms with E-state index in [2.05, 4.69) is 27.8 Å². The maximum absolute atomic E-state index is 13.9. The van der Waals surface area contributed by atoms with Crippen LogP contribution in [0.25, 0.3) is 0 Å². The van der Waals surface area contributed by atoms with E-state index < -0.39 is 0 Å². The number of halogens is 2. The minimum absolute atomic E-state index is 0.182. The second-order valence-corrected chi connectivity index (χ2v) is 5.65. The fraction of sp³-hybridized carbons (Fsp3) is 0.250. The predicted molar refractivity (Wildman–Crippen MR) is 84.7 cm³/mol. The van der Waals surface area contributed by atoms with E-state index in [1.807, 2.05) is 36.4 Å². The van der Waals surface area contributed by atoms with Crippen LogP contribution in [0.15, 0.2) is 46.9 Å². The maximum Gasteiger partial charge on any atom is 0.128 e. The molecule has 0 aliphatic carbocycles. The van der Waals surface area contributed by atoms with Crippen molar-refractivity contribution in [3.63, 3.8) is 0 Å². The second kappa shape index (κ2) is 6.86. The third-order valence-electron chi connectivity index (χ3n) is 3.31. The van der Waals surface area contributed by atoms with E-state index >= 15 is 0 Å². The number of nitrogens with two attached hydrogens (primary N) is 1. The zero-order valence-corrected chi connectivity index (χ0v) is 13.0. The molecule has 0 aromatic heterocycles. The second-order valence-electron chi connectivity index (χ2n) is 4.74. The molecular formula is C16H18BrFN2. The molecule has 2 N–H and O–H groups in total. The molecule has 0 heterocycles. The topological polar surface area (TPSA) is 29.3 Å². The monoisotopic (exact) mass is 336 g/mol. The first-order valence-corrected chi connectivity index (χ1v) is 7.39. The van der Waals surface area contributed by atoms with E-state index in [1.54, 1.807) is 0 Å². The van der Waals surface area contributed by atoms with Gasteiger partial charge >= 0.3 is 0 Å². The quantitative estimate of drug-likeness (QED) is 0.829. The van der Waals surface area contributed by atoms with Crippen molar-refractivity contribution in [3.05, 3.63) is 63.9 Å². The van der Waals surface area contributed by atoms with E-state index in [-0.39, 0.29) is 5.82 Å². The number of anilines is 1. The summed E-state index contributed by atoms with van der Waals surface area (Å²) in [6.07, 6.45) is 0. The molecular weight excluding hydrogens is 319 g/mol. The molecule has 0 aliphatic rings. The van der Waals surface area contributed by atoms with E-state index in [0.29, 0.717) is 12.1 Å². The molecule has 0 atom stereocenters. The Morgan fingerprint density at radius 3 is 2.45 bits per heavy atom. The highest BCUT2D eigenvalue weighted by Crippen LogP contribution is 2.19. The van der Waals surface area contributed by atoms with Crippen LogP contribution in [0.1, 0.15) is 18.1 Å². The van der Waals surface area contributed by atoms with Crippen LogP contribution in [0, 0.1) is 5.82 Å². The maximum atomic E-state index is 13.9. The van der Waals surface area contributed by atoms with Crippen LogP contribution in [-0.2, 0) is 13.1 Å². The highest BCUT2D eigenvalue weighted by atomic mass is 79.9. The van der Waals surface area contributed by atoms with Gasteiger partial charge in [0.1, 0.15) is 5.82 Å². The van der Waals surface area contributed by atoms with Crippen LogP contribution in [-0.4, -0.2) is 11.4 Å². The Hall–Kier alpha value is -1.39. The third-order valence-corrected chi connectivity index (χ3v) is 3.80. The number of nitrogens with zero attached hydrogens (tertiary/aromatic N) is 1. The van der Waals surface area contributed by atoms with Crippen LogP contribution in [0.3, 0.4) is 0 Å². The van der Waals surface area contributed by atoms with E-state index in [1.165, 1.54) is 6.07 Å². The molecule has 2 rings (SSSR count). The molecule has 0 fully saturated rings. The largest absolute Gasteiger partial charge is 0.398 e. The fourth-order valence-corrected chi connectivity index (χ4v) is 2.42. The van der Waals surface area contributed by atoms with Crippen LogP contribution < -0.4 is 5.73 Å². The van der Waals surface area contributed by atoms with Crippen LogP contribution in [0.5, 0.6) is 0 Å². The summed E-state index contributed by atoms with van der Waals surface area (Å²) in [4.78, 5) is 2.16. The van der Waals surface area contributed by atoms with Gasteiger partial charge in [0.25, 0.3) is 0 Å². The Balaban J connectivity index is 2.11. The van der Waals surface area contributed by atoms with Crippen molar-refractivity contribution in [3.8, 4) is 0 Å². The number of hydrogen-bond acceptors (Lipinski definition) is 2.